The number of ether oxygens (including phenoxy) is 7. The largest absolute Gasteiger partial charge is 0.465 e. The van der Waals surface area contributed by atoms with Crippen molar-refractivity contribution >= 4 is 23.9 Å². The summed E-state index contributed by atoms with van der Waals surface area (Å²) in [6, 6.07) is 0. The van der Waals surface area contributed by atoms with Crippen molar-refractivity contribution in [3.05, 3.63) is 0 Å². The van der Waals surface area contributed by atoms with Gasteiger partial charge in [-0.05, 0) is 44.9 Å². The molecule has 13 heteroatoms. The topological polar surface area (TPSA) is 177 Å². The monoisotopic (exact) mass is 626 g/mol. The van der Waals surface area contributed by atoms with Crippen molar-refractivity contribution in [1.29, 1.82) is 0 Å². The average molecular weight is 627 g/mol. The van der Waals surface area contributed by atoms with Gasteiger partial charge in [-0.3, -0.25) is 19.2 Å². The van der Waals surface area contributed by atoms with Gasteiger partial charge in [-0.25, -0.2) is 0 Å². The van der Waals surface area contributed by atoms with Crippen molar-refractivity contribution in [3.8, 4) is 0 Å². The lowest BCUT2D eigenvalue weighted by atomic mass is 9.41. The average Bonchev–Trinajstić information content (AvgIpc) is 3.50. The molecular formula is C31H46O13. The summed E-state index contributed by atoms with van der Waals surface area (Å²) in [5.74, 6) is -3.76. The predicted octanol–water partition coefficient (Wildman–Crippen LogP) is 1.63. The van der Waals surface area contributed by atoms with Crippen LogP contribution in [0.1, 0.15) is 74.1 Å². The molecule has 2 unspecified atom stereocenters. The van der Waals surface area contributed by atoms with E-state index in [2.05, 4.69) is 13.8 Å². The Morgan fingerprint density at radius 3 is 2.18 bits per heavy atom. The maximum absolute atomic E-state index is 13.4. The summed E-state index contributed by atoms with van der Waals surface area (Å²) in [5.41, 5.74) is -3.24. The van der Waals surface area contributed by atoms with Gasteiger partial charge in [0.05, 0.1) is 30.1 Å². The minimum atomic E-state index is -1.35. The Bertz CT molecular complexity index is 1140. The van der Waals surface area contributed by atoms with Crippen LogP contribution in [0.5, 0.6) is 0 Å². The number of hydrogen-bond acceptors (Lipinski definition) is 13. The number of hydrogen-bond donors (Lipinski definition) is 2. The molecule has 0 amide bonds. The second kappa shape index (κ2) is 11.8. The van der Waals surface area contributed by atoms with Gasteiger partial charge in [0.25, 0.3) is 0 Å². The summed E-state index contributed by atoms with van der Waals surface area (Å²) >= 11 is 0. The zero-order valence-corrected chi connectivity index (χ0v) is 26.5. The van der Waals surface area contributed by atoms with Crippen molar-refractivity contribution in [3.63, 3.8) is 0 Å². The summed E-state index contributed by atoms with van der Waals surface area (Å²) < 4.78 is 41.3. The summed E-state index contributed by atoms with van der Waals surface area (Å²) in [4.78, 5) is 49.8. The van der Waals surface area contributed by atoms with Gasteiger partial charge in [-0.15, -0.1) is 0 Å². The number of rotatable bonds is 8. The first-order valence-electron chi connectivity index (χ1n) is 15.6. The molecular weight excluding hydrogens is 580 g/mol. The molecule has 5 fully saturated rings. The molecule has 13 nitrogen and oxygen atoms in total. The molecule has 5 aliphatic rings. The number of carbonyl (C=O) groups is 4. The number of aliphatic hydroxyl groups excluding tert-OH is 2. The molecule has 0 aromatic heterocycles. The minimum absolute atomic E-state index is 0.0119. The highest BCUT2D eigenvalue weighted by atomic mass is 16.7. The Hall–Kier alpha value is -2.32. The van der Waals surface area contributed by atoms with Crippen molar-refractivity contribution in [1.82, 2.24) is 0 Å². The van der Waals surface area contributed by atoms with Crippen LogP contribution in [0.15, 0.2) is 0 Å². The zero-order chi connectivity index (χ0) is 32.4. The zero-order valence-electron chi connectivity index (χ0n) is 26.5. The van der Waals surface area contributed by atoms with Gasteiger partial charge >= 0.3 is 23.9 Å². The van der Waals surface area contributed by atoms with Crippen molar-refractivity contribution in [2.45, 2.75) is 123 Å². The van der Waals surface area contributed by atoms with E-state index in [1.165, 1.54) is 20.8 Å². The van der Waals surface area contributed by atoms with Crippen molar-refractivity contribution in [2.24, 2.45) is 34.5 Å². The molecule has 3 heterocycles. The summed E-state index contributed by atoms with van der Waals surface area (Å²) in [6.45, 7) is 11.0. The molecule has 0 aromatic carbocycles. The highest BCUT2D eigenvalue weighted by Crippen LogP contribution is 2.70. The van der Waals surface area contributed by atoms with E-state index in [0.717, 1.165) is 0 Å². The van der Waals surface area contributed by atoms with E-state index in [0.29, 0.717) is 19.3 Å². The SMILES string of the molecule is CC(=O)OC[C@@]12[C@@H](OC(C)=O)C[C@@H](C)[C@](C)([C@@H]3C[C@H]4C[C@@H](O)O[C@H]4O3)[C@H]1C[C@@H](O)[C@H](OC(=O)C(C)C(C)OC(C)=O)[C@]21CO1. The van der Waals surface area contributed by atoms with Crippen LogP contribution in [-0.4, -0.2) is 96.0 Å². The molecule has 5 rings (SSSR count). The van der Waals surface area contributed by atoms with Gasteiger partial charge in [0.15, 0.2) is 18.7 Å². The van der Waals surface area contributed by atoms with Crippen LogP contribution in [-0.2, 0) is 52.3 Å². The second-order valence-electron chi connectivity index (χ2n) is 13.7. The molecule has 44 heavy (non-hydrogen) atoms. The quantitative estimate of drug-likeness (QED) is 0.226. The van der Waals surface area contributed by atoms with E-state index in [-0.39, 0.29) is 37.6 Å². The molecule has 14 atom stereocenters. The lowest BCUT2D eigenvalue weighted by Gasteiger charge is -2.65. The molecule has 3 aliphatic heterocycles. The van der Waals surface area contributed by atoms with E-state index < -0.39 is 89.1 Å². The van der Waals surface area contributed by atoms with Crippen LogP contribution in [0, 0.1) is 34.5 Å². The van der Waals surface area contributed by atoms with Crippen LogP contribution in [0.4, 0.5) is 0 Å². The summed E-state index contributed by atoms with van der Waals surface area (Å²) in [6.07, 6.45) is -4.25. The molecule has 248 valence electrons. The molecule has 1 spiro atoms. The first kappa shape index (κ1) is 33.1. The normalized spacial score (nSPS) is 45.4. The fourth-order valence-corrected chi connectivity index (χ4v) is 8.72. The number of epoxide rings is 1. The van der Waals surface area contributed by atoms with Gasteiger partial charge in [0.1, 0.15) is 24.4 Å². The van der Waals surface area contributed by atoms with Crippen LogP contribution in [0.2, 0.25) is 0 Å². The van der Waals surface area contributed by atoms with Crippen LogP contribution in [0.25, 0.3) is 0 Å². The first-order valence-corrected chi connectivity index (χ1v) is 15.6. The Morgan fingerprint density at radius 2 is 1.61 bits per heavy atom. The standard InChI is InChI=1S/C31H46O13/c1-14-8-24(41-19(6)34)30(12-38-17(4)32)22(29(14,7)23-9-20-10-25(36)43-28(20)42-23)11-21(35)26(31(30)13-39-31)44-27(37)15(2)16(3)40-18(5)33/h14-16,20-26,28,35-36H,8-13H2,1-7H3/t14-,15?,16?,20+,21-,22-,23+,24+,25+,26+,28-,29+,30+,31-/m1/s1. The third kappa shape index (κ3) is 5.32. The van der Waals surface area contributed by atoms with Gasteiger partial charge in [0, 0.05) is 38.5 Å². The molecule has 2 N–H and O–H groups in total. The number of fused-ring (bicyclic) bond motifs is 3. The van der Waals surface area contributed by atoms with Crippen LogP contribution < -0.4 is 0 Å². The van der Waals surface area contributed by atoms with E-state index in [9.17, 15) is 29.4 Å². The highest BCUT2D eigenvalue weighted by Gasteiger charge is 2.81. The number of aliphatic hydroxyl groups is 2. The smallest absolute Gasteiger partial charge is 0.312 e. The fraction of sp³-hybridized carbons (Fsp3) is 0.871. The lowest BCUT2D eigenvalue weighted by molar-refractivity contribution is -0.289. The predicted molar refractivity (Wildman–Crippen MR) is 148 cm³/mol. The van der Waals surface area contributed by atoms with E-state index >= 15 is 0 Å². The van der Waals surface area contributed by atoms with Crippen LogP contribution in [0.3, 0.4) is 0 Å². The van der Waals surface area contributed by atoms with Gasteiger partial charge in [0.2, 0.25) is 0 Å². The van der Waals surface area contributed by atoms with Gasteiger partial charge < -0.3 is 43.4 Å². The van der Waals surface area contributed by atoms with E-state index in [4.69, 9.17) is 33.2 Å². The third-order valence-electron chi connectivity index (χ3n) is 11.3. The Balaban J connectivity index is 1.56. The Kier molecular flexibility index (Phi) is 8.86. The van der Waals surface area contributed by atoms with E-state index in [1.54, 1.807) is 13.8 Å². The Morgan fingerprint density at radius 1 is 0.932 bits per heavy atom. The summed E-state index contributed by atoms with van der Waals surface area (Å²) in [7, 11) is 0. The molecule has 2 aliphatic carbocycles. The van der Waals surface area contributed by atoms with Gasteiger partial charge in [-0.1, -0.05) is 13.8 Å². The van der Waals surface area contributed by atoms with E-state index in [1.807, 2.05) is 0 Å². The minimum Gasteiger partial charge on any atom is -0.465 e. The fourth-order valence-electron chi connectivity index (χ4n) is 8.72. The highest BCUT2D eigenvalue weighted by molar-refractivity contribution is 5.74. The third-order valence-corrected chi connectivity index (χ3v) is 11.3. The Labute approximate surface area is 257 Å². The second-order valence-corrected chi connectivity index (χ2v) is 13.7. The number of carbonyl (C=O) groups excluding carboxylic acids is 4. The summed E-state index contributed by atoms with van der Waals surface area (Å²) in [5, 5.41) is 21.8. The van der Waals surface area contributed by atoms with Crippen molar-refractivity contribution in [2.75, 3.05) is 13.2 Å². The van der Waals surface area contributed by atoms with Gasteiger partial charge in [-0.2, -0.15) is 0 Å². The van der Waals surface area contributed by atoms with Crippen LogP contribution >= 0.6 is 0 Å². The maximum atomic E-state index is 13.4. The molecule has 3 saturated heterocycles. The maximum Gasteiger partial charge on any atom is 0.312 e. The molecule has 0 bridgehead atoms. The molecule has 0 radical (unpaired) electrons. The lowest BCUT2D eigenvalue weighted by Crippen LogP contribution is -2.74. The van der Waals surface area contributed by atoms with Crippen molar-refractivity contribution < 1.29 is 62.5 Å². The molecule has 2 saturated carbocycles. The molecule has 0 aromatic rings. The first-order chi connectivity index (χ1) is 20.6. The number of esters is 4.